The highest BCUT2D eigenvalue weighted by molar-refractivity contribution is 7.81. The van der Waals surface area contributed by atoms with E-state index in [9.17, 15) is 74.2 Å². The standard InChI is InChI=1S/C27H34O19S/c28-7-13-17(32)20(35)22(37)26(45-13)27(40)24(38)14(11(29)6-3-9-1-4-10(5-2-9)46-47(41,42)43)18(33)15(25(27)39)19(34)23-21(36)16(31)12(30)8-44-23/h1-2,4-5,12-13,16-17,19-23,26,28,30-37,39-40H,3,6-8H2,(H,41,42,43). The van der Waals surface area contributed by atoms with Gasteiger partial charge in [-0.25, -0.2) is 0 Å². The maximum Gasteiger partial charge on any atom is 0.446 e. The zero-order chi connectivity index (χ0) is 35.2. The summed E-state index contributed by atoms with van der Waals surface area (Å²) in [5, 5.41) is 116. The van der Waals surface area contributed by atoms with Gasteiger partial charge in [0.15, 0.2) is 5.78 Å². The maximum atomic E-state index is 13.8. The Bertz CT molecular complexity index is 1520. The molecule has 1 aromatic carbocycles. The summed E-state index contributed by atoms with van der Waals surface area (Å²) in [4.78, 5) is 27.3. The molecule has 11 unspecified atom stereocenters. The monoisotopic (exact) mass is 694 g/mol. The van der Waals surface area contributed by atoms with Crippen LogP contribution in [0.15, 0.2) is 46.9 Å². The number of Topliss-reactive ketones (excluding diaryl/α,β-unsaturated/α-hetero) is 2. The van der Waals surface area contributed by atoms with E-state index in [1.807, 2.05) is 0 Å². The lowest BCUT2D eigenvalue weighted by molar-refractivity contribution is -0.263. The molecule has 47 heavy (non-hydrogen) atoms. The molecule has 0 spiro atoms. The lowest BCUT2D eigenvalue weighted by Gasteiger charge is -2.47. The highest BCUT2D eigenvalue weighted by atomic mass is 32.3. The maximum absolute atomic E-state index is 13.8. The Kier molecular flexibility index (Phi) is 10.8. The number of aliphatic hydroxyl groups is 11. The first-order valence-electron chi connectivity index (χ1n) is 13.9. The van der Waals surface area contributed by atoms with E-state index in [1.54, 1.807) is 0 Å². The molecular weight excluding hydrogens is 660 g/mol. The molecule has 19 nitrogen and oxygen atoms in total. The number of aryl methyl sites for hydroxylation is 1. The Morgan fingerprint density at radius 3 is 2.17 bits per heavy atom. The first-order valence-corrected chi connectivity index (χ1v) is 15.3. The van der Waals surface area contributed by atoms with Crippen molar-refractivity contribution in [3.05, 3.63) is 52.5 Å². The first-order chi connectivity index (χ1) is 21.8. The average Bonchev–Trinajstić information content (AvgIpc) is 3.00. The van der Waals surface area contributed by atoms with Gasteiger partial charge in [0.25, 0.3) is 0 Å². The molecule has 12 N–H and O–H groups in total. The fourth-order valence-corrected chi connectivity index (χ4v) is 5.95. The summed E-state index contributed by atoms with van der Waals surface area (Å²) in [6, 6.07) is 4.78. The van der Waals surface area contributed by atoms with Crippen LogP contribution in [-0.4, -0.2) is 161 Å². The van der Waals surface area contributed by atoms with Crippen molar-refractivity contribution in [3.8, 4) is 5.75 Å². The molecule has 1 aliphatic carbocycles. The van der Waals surface area contributed by atoms with Crippen molar-refractivity contribution in [1.82, 2.24) is 0 Å². The van der Waals surface area contributed by atoms with Gasteiger partial charge in [-0.3, -0.25) is 14.1 Å². The zero-order valence-electron chi connectivity index (χ0n) is 24.0. The minimum atomic E-state index is -4.83. The van der Waals surface area contributed by atoms with Crippen LogP contribution in [0.4, 0.5) is 0 Å². The Morgan fingerprint density at radius 1 is 0.979 bits per heavy atom. The predicted octanol–water partition coefficient (Wildman–Crippen LogP) is -5.01. The summed E-state index contributed by atoms with van der Waals surface area (Å²) in [5.41, 5.74) is -5.78. The molecule has 2 heterocycles. The van der Waals surface area contributed by atoms with Gasteiger partial charge in [0.05, 0.1) is 18.8 Å². The topological polar surface area (TPSA) is 339 Å². The number of benzene rings is 1. The van der Waals surface area contributed by atoms with Gasteiger partial charge in [-0.2, -0.15) is 8.42 Å². The van der Waals surface area contributed by atoms with Crippen LogP contribution in [0.5, 0.6) is 5.75 Å². The van der Waals surface area contributed by atoms with E-state index in [4.69, 9.17) is 14.0 Å². The quantitative estimate of drug-likeness (QED) is 0.0805. The van der Waals surface area contributed by atoms with Crippen LogP contribution < -0.4 is 4.18 Å². The molecule has 2 saturated heterocycles. The first kappa shape index (κ1) is 36.7. The highest BCUT2D eigenvalue weighted by Gasteiger charge is 2.63. The van der Waals surface area contributed by atoms with Gasteiger partial charge in [-0.15, -0.1) is 0 Å². The summed E-state index contributed by atoms with van der Waals surface area (Å²) in [6.07, 6.45) is -21.8. The third-order valence-corrected chi connectivity index (χ3v) is 8.58. The summed E-state index contributed by atoms with van der Waals surface area (Å²) < 4.78 is 45.3. The van der Waals surface area contributed by atoms with Crippen LogP contribution in [0.25, 0.3) is 0 Å². The van der Waals surface area contributed by atoms with Crippen LogP contribution in [-0.2, 0) is 35.9 Å². The minimum absolute atomic E-state index is 0.227. The van der Waals surface area contributed by atoms with Gasteiger partial charge in [0.2, 0.25) is 11.4 Å². The number of aliphatic hydroxyl groups excluding tert-OH is 10. The molecule has 0 aromatic heterocycles. The molecule has 3 aliphatic rings. The number of carbonyl (C=O) groups excluding carboxylic acids is 2. The number of ketones is 2. The zero-order valence-corrected chi connectivity index (χ0v) is 24.9. The highest BCUT2D eigenvalue weighted by Crippen LogP contribution is 2.43. The van der Waals surface area contributed by atoms with Crippen molar-refractivity contribution in [3.63, 3.8) is 0 Å². The summed E-state index contributed by atoms with van der Waals surface area (Å²) in [5.74, 6) is -6.42. The lowest BCUT2D eigenvalue weighted by atomic mass is 9.71. The van der Waals surface area contributed by atoms with Crippen molar-refractivity contribution in [2.24, 2.45) is 0 Å². The molecule has 2 aliphatic heterocycles. The van der Waals surface area contributed by atoms with E-state index in [-0.39, 0.29) is 12.2 Å². The smallest absolute Gasteiger partial charge is 0.446 e. The normalized spacial score (nSPS) is 36.0. The van der Waals surface area contributed by atoms with Gasteiger partial charge in [-0.1, -0.05) is 12.1 Å². The van der Waals surface area contributed by atoms with Gasteiger partial charge in [0, 0.05) is 6.42 Å². The third kappa shape index (κ3) is 6.91. The van der Waals surface area contributed by atoms with Crippen LogP contribution in [0.1, 0.15) is 12.0 Å². The lowest BCUT2D eigenvalue weighted by Crippen LogP contribution is -2.69. The molecule has 0 bridgehead atoms. The van der Waals surface area contributed by atoms with Crippen LogP contribution >= 0.6 is 0 Å². The van der Waals surface area contributed by atoms with Crippen LogP contribution in [0.3, 0.4) is 0 Å². The van der Waals surface area contributed by atoms with Gasteiger partial charge >= 0.3 is 10.4 Å². The number of hydrogen-bond donors (Lipinski definition) is 12. The van der Waals surface area contributed by atoms with Crippen LogP contribution in [0, 0.1) is 0 Å². The second-order valence-electron chi connectivity index (χ2n) is 11.2. The van der Waals surface area contributed by atoms with Crippen LogP contribution in [0.2, 0.25) is 0 Å². The van der Waals surface area contributed by atoms with Gasteiger partial charge in [0.1, 0.15) is 83.9 Å². The van der Waals surface area contributed by atoms with Crippen molar-refractivity contribution >= 4 is 22.0 Å². The second-order valence-corrected chi connectivity index (χ2v) is 12.2. The fourth-order valence-electron chi connectivity index (χ4n) is 5.59. The Balaban J connectivity index is 1.76. The molecule has 4 rings (SSSR count). The SMILES string of the molecule is O=C(CCc1ccc(OS(=O)(=O)O)cc1)C1=C(O)C(C(O)C2OCC(O)C(O)C2O)=C(O)C(O)(C2OC(CO)C(O)C(O)C2O)C1=O. The summed E-state index contributed by atoms with van der Waals surface area (Å²) in [6.45, 7) is -1.73. The molecular formula is C27H34O19S. The van der Waals surface area contributed by atoms with Crippen molar-refractivity contribution < 1.29 is 92.4 Å². The van der Waals surface area contributed by atoms with Gasteiger partial charge in [-0.05, 0) is 24.1 Å². The molecule has 0 radical (unpaired) electrons. The summed E-state index contributed by atoms with van der Waals surface area (Å²) >= 11 is 0. The van der Waals surface area contributed by atoms with E-state index in [0.29, 0.717) is 5.56 Å². The van der Waals surface area contributed by atoms with Crippen molar-refractivity contribution in [2.45, 2.75) is 79.5 Å². The Morgan fingerprint density at radius 2 is 1.60 bits per heavy atom. The average molecular weight is 695 g/mol. The van der Waals surface area contributed by atoms with E-state index >= 15 is 0 Å². The third-order valence-electron chi connectivity index (χ3n) is 8.18. The molecule has 20 heteroatoms. The van der Waals surface area contributed by atoms with E-state index in [2.05, 4.69) is 4.18 Å². The molecule has 262 valence electrons. The number of carbonyl (C=O) groups is 2. The van der Waals surface area contributed by atoms with Crippen molar-refractivity contribution in [1.29, 1.82) is 0 Å². The summed E-state index contributed by atoms with van der Waals surface area (Å²) in [7, 11) is -4.83. The Labute approximate surface area is 265 Å². The van der Waals surface area contributed by atoms with Crippen molar-refractivity contribution in [2.75, 3.05) is 13.2 Å². The second kappa shape index (κ2) is 13.8. The molecule has 0 saturated carbocycles. The fraction of sp³-hybridized carbons (Fsp3) is 0.556. The largest absolute Gasteiger partial charge is 0.508 e. The van der Waals surface area contributed by atoms with E-state index in [0.717, 1.165) is 12.1 Å². The number of rotatable bonds is 10. The number of ether oxygens (including phenoxy) is 2. The molecule has 2 fully saturated rings. The molecule has 11 atom stereocenters. The molecule has 0 amide bonds. The number of hydrogen-bond acceptors (Lipinski definition) is 18. The molecule has 1 aromatic rings. The van der Waals surface area contributed by atoms with Gasteiger partial charge < -0.3 is 69.8 Å². The predicted molar refractivity (Wildman–Crippen MR) is 149 cm³/mol. The Hall–Kier alpha value is -3.09. The van der Waals surface area contributed by atoms with E-state index in [1.165, 1.54) is 12.1 Å². The minimum Gasteiger partial charge on any atom is -0.508 e. The van der Waals surface area contributed by atoms with E-state index < -0.39 is 131 Å².